The lowest BCUT2D eigenvalue weighted by Crippen LogP contribution is -2.39. The minimum Gasteiger partial charge on any atom is -0.475 e. The van der Waals surface area contributed by atoms with Crippen LogP contribution in [0.2, 0.25) is 0 Å². The van der Waals surface area contributed by atoms with Crippen molar-refractivity contribution in [2.45, 2.75) is 50.5 Å². The summed E-state index contributed by atoms with van der Waals surface area (Å²) in [5.41, 5.74) is 0. The molecule has 0 aromatic carbocycles. The maximum absolute atomic E-state index is 12.1. The van der Waals surface area contributed by atoms with Crippen molar-refractivity contribution >= 4 is 12.1 Å². The van der Waals surface area contributed by atoms with Gasteiger partial charge in [0.15, 0.2) is 5.89 Å². The van der Waals surface area contributed by atoms with Gasteiger partial charge in [-0.2, -0.15) is 0 Å². The molecule has 1 saturated heterocycles. The molecule has 1 N–H and O–H groups in total. The second-order valence-electron chi connectivity index (χ2n) is 5.92. The number of rotatable bonds is 3. The van der Waals surface area contributed by atoms with Gasteiger partial charge < -0.3 is 19.2 Å². The SMILES string of the molecule is O=C(O)c1cnc(C2CCN(C(=O)OC3CCCC3)CC2)o1. The molecule has 2 heterocycles. The van der Waals surface area contributed by atoms with Crippen LogP contribution in [0.4, 0.5) is 4.79 Å². The highest BCUT2D eigenvalue weighted by Gasteiger charge is 2.29. The first-order valence-electron chi connectivity index (χ1n) is 7.78. The maximum Gasteiger partial charge on any atom is 0.410 e. The Morgan fingerprint density at radius 2 is 1.91 bits per heavy atom. The Hall–Kier alpha value is -2.05. The van der Waals surface area contributed by atoms with Crippen molar-refractivity contribution in [1.29, 1.82) is 0 Å². The summed E-state index contributed by atoms with van der Waals surface area (Å²) in [5.74, 6) is -0.751. The van der Waals surface area contributed by atoms with E-state index in [2.05, 4.69) is 4.98 Å². The highest BCUT2D eigenvalue weighted by Crippen LogP contribution is 2.29. The summed E-state index contributed by atoms with van der Waals surface area (Å²) in [6, 6.07) is 0. The zero-order chi connectivity index (χ0) is 15.5. The third-order valence-electron chi connectivity index (χ3n) is 4.41. The molecule has 1 saturated carbocycles. The average molecular weight is 308 g/mol. The van der Waals surface area contributed by atoms with Crippen molar-refractivity contribution in [3.63, 3.8) is 0 Å². The lowest BCUT2D eigenvalue weighted by molar-refractivity contribution is 0.0575. The number of carboxylic acid groups (broad SMARTS) is 1. The second-order valence-corrected chi connectivity index (χ2v) is 5.92. The van der Waals surface area contributed by atoms with E-state index in [0.717, 1.165) is 25.7 Å². The lowest BCUT2D eigenvalue weighted by Gasteiger charge is -2.30. The van der Waals surface area contributed by atoms with Gasteiger partial charge in [-0.05, 0) is 38.5 Å². The van der Waals surface area contributed by atoms with Gasteiger partial charge in [-0.15, -0.1) is 0 Å². The molecule has 1 aliphatic carbocycles. The molecule has 0 bridgehead atoms. The molecule has 7 nitrogen and oxygen atoms in total. The van der Waals surface area contributed by atoms with Gasteiger partial charge >= 0.3 is 12.1 Å². The molecule has 0 spiro atoms. The number of carboxylic acids is 1. The molecule has 1 aliphatic heterocycles. The van der Waals surface area contributed by atoms with E-state index in [1.807, 2.05) is 0 Å². The van der Waals surface area contributed by atoms with Gasteiger partial charge in [0, 0.05) is 19.0 Å². The third kappa shape index (κ3) is 3.23. The van der Waals surface area contributed by atoms with Gasteiger partial charge in [0.25, 0.3) is 0 Å². The number of hydrogen-bond donors (Lipinski definition) is 1. The Morgan fingerprint density at radius 1 is 1.23 bits per heavy atom. The fourth-order valence-corrected chi connectivity index (χ4v) is 3.11. The number of nitrogens with zero attached hydrogens (tertiary/aromatic N) is 2. The molecule has 120 valence electrons. The molecular formula is C15H20N2O5. The summed E-state index contributed by atoms with van der Waals surface area (Å²) in [7, 11) is 0. The molecule has 22 heavy (non-hydrogen) atoms. The molecule has 1 aromatic heterocycles. The van der Waals surface area contributed by atoms with Crippen LogP contribution in [0.1, 0.15) is 60.9 Å². The van der Waals surface area contributed by atoms with Crippen LogP contribution in [-0.4, -0.2) is 46.2 Å². The molecule has 0 radical (unpaired) electrons. The van der Waals surface area contributed by atoms with E-state index < -0.39 is 5.97 Å². The van der Waals surface area contributed by atoms with E-state index in [0.29, 0.717) is 31.8 Å². The summed E-state index contributed by atoms with van der Waals surface area (Å²) < 4.78 is 10.7. The standard InChI is InChI=1S/C15H20N2O5/c18-14(19)12-9-16-13(22-12)10-5-7-17(8-6-10)15(20)21-11-3-1-2-4-11/h9-11H,1-8H2,(H,18,19). The fourth-order valence-electron chi connectivity index (χ4n) is 3.11. The predicted octanol–water partition coefficient (Wildman–Crippen LogP) is 2.63. The molecule has 7 heteroatoms. The Bertz CT molecular complexity index is 542. The number of carbonyl (C=O) groups is 2. The van der Waals surface area contributed by atoms with Crippen LogP contribution < -0.4 is 0 Å². The highest BCUT2D eigenvalue weighted by atomic mass is 16.6. The predicted molar refractivity (Wildman–Crippen MR) is 75.7 cm³/mol. The quantitative estimate of drug-likeness (QED) is 0.922. The number of oxazole rings is 1. The molecule has 0 atom stereocenters. The van der Waals surface area contributed by atoms with Gasteiger partial charge in [0.05, 0.1) is 6.20 Å². The van der Waals surface area contributed by atoms with Crippen molar-refractivity contribution in [3.05, 3.63) is 17.8 Å². The van der Waals surface area contributed by atoms with Crippen LogP contribution in [0.25, 0.3) is 0 Å². The van der Waals surface area contributed by atoms with Gasteiger partial charge in [-0.3, -0.25) is 0 Å². The van der Waals surface area contributed by atoms with Crippen LogP contribution in [-0.2, 0) is 4.74 Å². The summed E-state index contributed by atoms with van der Waals surface area (Å²) in [4.78, 5) is 28.6. The Balaban J connectivity index is 1.50. The van der Waals surface area contributed by atoms with E-state index in [1.54, 1.807) is 4.90 Å². The number of ether oxygens (including phenoxy) is 1. The minimum absolute atomic E-state index is 0.0589. The first-order chi connectivity index (χ1) is 10.6. The van der Waals surface area contributed by atoms with Crippen molar-refractivity contribution < 1.29 is 23.8 Å². The summed E-state index contributed by atoms with van der Waals surface area (Å²) in [6.45, 7) is 1.17. The summed E-state index contributed by atoms with van der Waals surface area (Å²) >= 11 is 0. The molecule has 0 unspecified atom stereocenters. The van der Waals surface area contributed by atoms with Crippen LogP contribution in [0, 0.1) is 0 Å². The van der Waals surface area contributed by atoms with E-state index in [4.69, 9.17) is 14.3 Å². The van der Waals surface area contributed by atoms with Gasteiger partial charge in [0.2, 0.25) is 5.76 Å². The molecule has 3 rings (SSSR count). The lowest BCUT2D eigenvalue weighted by atomic mass is 9.97. The monoisotopic (exact) mass is 308 g/mol. The van der Waals surface area contributed by atoms with E-state index in [9.17, 15) is 9.59 Å². The summed E-state index contributed by atoms with van der Waals surface area (Å²) in [5, 5.41) is 8.84. The smallest absolute Gasteiger partial charge is 0.410 e. The number of aromatic nitrogens is 1. The number of amides is 1. The van der Waals surface area contributed by atoms with E-state index in [-0.39, 0.29) is 23.9 Å². The van der Waals surface area contributed by atoms with E-state index in [1.165, 1.54) is 6.20 Å². The Kier molecular flexibility index (Phi) is 4.31. The van der Waals surface area contributed by atoms with E-state index >= 15 is 0 Å². The number of likely N-dealkylation sites (tertiary alicyclic amines) is 1. The second kappa shape index (κ2) is 6.37. The summed E-state index contributed by atoms with van der Waals surface area (Å²) in [6.07, 6.45) is 6.70. The number of hydrogen-bond acceptors (Lipinski definition) is 5. The Morgan fingerprint density at radius 3 is 2.50 bits per heavy atom. The van der Waals surface area contributed by atoms with Crippen molar-refractivity contribution in [2.24, 2.45) is 0 Å². The van der Waals surface area contributed by atoms with Crippen LogP contribution in [0.3, 0.4) is 0 Å². The fraction of sp³-hybridized carbons (Fsp3) is 0.667. The molecule has 2 aliphatic rings. The zero-order valence-corrected chi connectivity index (χ0v) is 12.4. The van der Waals surface area contributed by atoms with Crippen molar-refractivity contribution in [2.75, 3.05) is 13.1 Å². The Labute approximate surface area is 128 Å². The number of piperidine rings is 1. The van der Waals surface area contributed by atoms with Crippen LogP contribution in [0.5, 0.6) is 0 Å². The first kappa shape index (κ1) is 14.9. The topological polar surface area (TPSA) is 92.9 Å². The normalized spacial score (nSPS) is 20.3. The van der Waals surface area contributed by atoms with Crippen LogP contribution in [0.15, 0.2) is 10.6 Å². The first-order valence-corrected chi connectivity index (χ1v) is 7.78. The molecular weight excluding hydrogens is 288 g/mol. The zero-order valence-electron chi connectivity index (χ0n) is 12.4. The third-order valence-corrected chi connectivity index (χ3v) is 4.41. The maximum atomic E-state index is 12.1. The number of aromatic carboxylic acids is 1. The average Bonchev–Trinajstić information content (AvgIpc) is 3.18. The van der Waals surface area contributed by atoms with Gasteiger partial charge in [0.1, 0.15) is 6.10 Å². The van der Waals surface area contributed by atoms with Crippen molar-refractivity contribution in [1.82, 2.24) is 9.88 Å². The molecule has 1 amide bonds. The highest BCUT2D eigenvalue weighted by molar-refractivity contribution is 5.83. The number of carbonyl (C=O) groups excluding carboxylic acids is 1. The minimum atomic E-state index is -1.11. The van der Waals surface area contributed by atoms with Gasteiger partial charge in [-0.25, -0.2) is 14.6 Å². The van der Waals surface area contributed by atoms with Crippen LogP contribution >= 0.6 is 0 Å². The van der Waals surface area contributed by atoms with Gasteiger partial charge in [-0.1, -0.05) is 0 Å². The molecule has 2 fully saturated rings. The van der Waals surface area contributed by atoms with Crippen molar-refractivity contribution in [3.8, 4) is 0 Å². The largest absolute Gasteiger partial charge is 0.475 e. The molecule has 1 aromatic rings.